The molecule has 0 spiro atoms. The second-order valence-electron chi connectivity index (χ2n) is 6.40. The van der Waals surface area contributed by atoms with Gasteiger partial charge in [-0.1, -0.05) is 42.5 Å². The molecule has 0 saturated carbocycles. The Bertz CT molecular complexity index is 841. The van der Waals surface area contributed by atoms with Crippen LogP contribution in [-0.4, -0.2) is 40.3 Å². The molecular formula is C21H30IN3O3S. The Morgan fingerprint density at radius 1 is 1.00 bits per heavy atom. The molecule has 0 aliphatic rings. The Morgan fingerprint density at radius 3 is 2.31 bits per heavy atom. The molecule has 0 aromatic heterocycles. The van der Waals surface area contributed by atoms with Crippen molar-refractivity contribution in [2.75, 3.05) is 26.0 Å². The summed E-state index contributed by atoms with van der Waals surface area (Å²) in [5.74, 6) is 1.72. The lowest BCUT2D eigenvalue weighted by atomic mass is 10.2. The zero-order valence-electron chi connectivity index (χ0n) is 16.9. The molecule has 160 valence electrons. The lowest BCUT2D eigenvalue weighted by Crippen LogP contribution is -2.38. The summed E-state index contributed by atoms with van der Waals surface area (Å²) in [6, 6.07) is 17.0. The van der Waals surface area contributed by atoms with E-state index in [1.54, 1.807) is 7.11 Å². The lowest BCUT2D eigenvalue weighted by molar-refractivity contribution is 0.414. The first-order valence-electron chi connectivity index (χ1n) is 9.42. The van der Waals surface area contributed by atoms with Crippen molar-refractivity contribution in [3.8, 4) is 5.75 Å². The predicted molar refractivity (Wildman–Crippen MR) is 130 cm³/mol. The van der Waals surface area contributed by atoms with Gasteiger partial charge in [0.25, 0.3) is 0 Å². The van der Waals surface area contributed by atoms with E-state index in [1.165, 1.54) is 0 Å². The van der Waals surface area contributed by atoms with Crippen LogP contribution in [0.15, 0.2) is 59.6 Å². The summed E-state index contributed by atoms with van der Waals surface area (Å²) in [5.41, 5.74) is 1.90. The first-order chi connectivity index (χ1) is 13.5. The minimum Gasteiger partial charge on any atom is -0.497 e. The second-order valence-corrected chi connectivity index (χ2v) is 8.59. The van der Waals surface area contributed by atoms with Gasteiger partial charge < -0.3 is 15.4 Å². The van der Waals surface area contributed by atoms with Crippen molar-refractivity contribution in [3.05, 3.63) is 65.7 Å². The normalized spacial score (nSPS) is 11.4. The molecule has 0 amide bonds. The van der Waals surface area contributed by atoms with Gasteiger partial charge >= 0.3 is 0 Å². The Kier molecular flexibility index (Phi) is 11.7. The van der Waals surface area contributed by atoms with Crippen molar-refractivity contribution >= 4 is 39.8 Å². The van der Waals surface area contributed by atoms with Crippen LogP contribution in [0.1, 0.15) is 24.5 Å². The van der Waals surface area contributed by atoms with Crippen molar-refractivity contribution in [1.82, 2.24) is 10.6 Å². The van der Waals surface area contributed by atoms with Crippen LogP contribution in [-0.2, 0) is 22.1 Å². The highest BCUT2D eigenvalue weighted by Crippen LogP contribution is 2.12. The highest BCUT2D eigenvalue weighted by atomic mass is 127. The lowest BCUT2D eigenvalue weighted by Gasteiger charge is -2.11. The first kappa shape index (κ1) is 25.2. The third kappa shape index (κ3) is 9.98. The zero-order valence-corrected chi connectivity index (χ0v) is 20.1. The van der Waals surface area contributed by atoms with E-state index in [9.17, 15) is 8.42 Å². The quantitative estimate of drug-likeness (QED) is 0.213. The van der Waals surface area contributed by atoms with Crippen molar-refractivity contribution in [1.29, 1.82) is 0 Å². The highest BCUT2D eigenvalue weighted by molar-refractivity contribution is 14.0. The largest absolute Gasteiger partial charge is 0.497 e. The number of methoxy groups -OCH3 is 1. The molecule has 2 rings (SSSR count). The summed E-state index contributed by atoms with van der Waals surface area (Å²) in [6.45, 7) is 3.81. The van der Waals surface area contributed by atoms with Crippen molar-refractivity contribution in [3.63, 3.8) is 0 Å². The van der Waals surface area contributed by atoms with Crippen LogP contribution in [0, 0.1) is 0 Å². The molecule has 2 aromatic rings. The Labute approximate surface area is 191 Å². The molecular weight excluding hydrogens is 501 g/mol. The molecule has 0 unspecified atom stereocenters. The maximum atomic E-state index is 12.2. The van der Waals surface area contributed by atoms with Gasteiger partial charge in [0.2, 0.25) is 0 Å². The molecule has 2 aromatic carbocycles. The van der Waals surface area contributed by atoms with E-state index < -0.39 is 9.84 Å². The fraction of sp³-hybridized carbons (Fsp3) is 0.381. The number of guanidine groups is 1. The van der Waals surface area contributed by atoms with E-state index in [-0.39, 0.29) is 35.5 Å². The number of ether oxygens (including phenoxy) is 1. The average Bonchev–Trinajstić information content (AvgIpc) is 2.70. The average molecular weight is 531 g/mol. The molecule has 0 fully saturated rings. The van der Waals surface area contributed by atoms with Crippen molar-refractivity contribution in [2.24, 2.45) is 4.99 Å². The topological polar surface area (TPSA) is 79.8 Å². The van der Waals surface area contributed by atoms with Crippen LogP contribution >= 0.6 is 24.0 Å². The van der Waals surface area contributed by atoms with E-state index in [1.807, 2.05) is 61.5 Å². The van der Waals surface area contributed by atoms with Gasteiger partial charge in [-0.3, -0.25) is 0 Å². The third-order valence-corrected chi connectivity index (χ3v) is 5.76. The maximum absolute atomic E-state index is 12.2. The maximum Gasteiger partial charge on any atom is 0.191 e. The smallest absolute Gasteiger partial charge is 0.191 e. The zero-order chi connectivity index (χ0) is 20.2. The standard InChI is InChI=1S/C21H29N3O3S.HI/c1-3-22-21(24-16-18-10-12-20(27-2)13-11-18)23-14-7-15-28(25,26)17-19-8-5-4-6-9-19;/h4-6,8-13H,3,7,14-17H2,1-2H3,(H2,22,23,24);1H. The van der Waals surface area contributed by atoms with E-state index in [0.717, 1.165) is 23.4 Å². The highest BCUT2D eigenvalue weighted by Gasteiger charge is 2.11. The number of benzene rings is 2. The monoisotopic (exact) mass is 531 g/mol. The molecule has 2 N–H and O–H groups in total. The number of sulfone groups is 1. The number of aliphatic imine (C=N–C) groups is 1. The number of nitrogens with one attached hydrogen (secondary N) is 2. The fourth-order valence-electron chi connectivity index (χ4n) is 2.64. The minimum atomic E-state index is -3.12. The summed E-state index contributed by atoms with van der Waals surface area (Å²) in [6.07, 6.45) is 0.530. The van der Waals surface area contributed by atoms with E-state index in [2.05, 4.69) is 15.6 Å². The van der Waals surface area contributed by atoms with Crippen molar-refractivity contribution in [2.45, 2.75) is 25.6 Å². The Morgan fingerprint density at radius 2 is 1.69 bits per heavy atom. The van der Waals surface area contributed by atoms with Crippen LogP contribution in [0.3, 0.4) is 0 Å². The minimum absolute atomic E-state index is 0. The molecule has 0 aliphatic carbocycles. The van der Waals surface area contributed by atoms with E-state index >= 15 is 0 Å². The summed E-state index contributed by atoms with van der Waals surface area (Å²) in [5, 5.41) is 6.38. The van der Waals surface area contributed by atoms with Gasteiger partial charge in [0.05, 0.1) is 25.2 Å². The number of hydrogen-bond acceptors (Lipinski definition) is 4. The number of hydrogen-bond donors (Lipinski definition) is 2. The Hall–Kier alpha value is -1.81. The molecule has 0 bridgehead atoms. The second kappa shape index (κ2) is 13.4. The summed E-state index contributed by atoms with van der Waals surface area (Å²) in [7, 11) is -1.48. The molecule has 8 heteroatoms. The molecule has 0 saturated heterocycles. The third-order valence-electron chi connectivity index (χ3n) is 4.08. The van der Waals surface area contributed by atoms with Crippen LogP contribution in [0.25, 0.3) is 0 Å². The fourth-order valence-corrected chi connectivity index (χ4v) is 4.07. The summed E-state index contributed by atoms with van der Waals surface area (Å²) >= 11 is 0. The van der Waals surface area contributed by atoms with Crippen molar-refractivity contribution < 1.29 is 13.2 Å². The van der Waals surface area contributed by atoms with Crippen LogP contribution < -0.4 is 15.4 Å². The van der Waals surface area contributed by atoms with E-state index in [0.29, 0.717) is 25.5 Å². The summed E-state index contributed by atoms with van der Waals surface area (Å²) < 4.78 is 29.7. The predicted octanol–water partition coefficient (Wildman–Crippen LogP) is 3.37. The summed E-state index contributed by atoms with van der Waals surface area (Å²) in [4.78, 5) is 4.55. The molecule has 0 radical (unpaired) electrons. The van der Waals surface area contributed by atoms with Gasteiger partial charge in [0.1, 0.15) is 5.75 Å². The van der Waals surface area contributed by atoms with Gasteiger partial charge in [-0.25, -0.2) is 13.4 Å². The molecule has 29 heavy (non-hydrogen) atoms. The number of rotatable bonds is 10. The van der Waals surface area contributed by atoms with Gasteiger partial charge in [-0.15, -0.1) is 24.0 Å². The molecule has 0 atom stereocenters. The van der Waals surface area contributed by atoms with Crippen LogP contribution in [0.4, 0.5) is 0 Å². The van der Waals surface area contributed by atoms with Crippen LogP contribution in [0.5, 0.6) is 5.75 Å². The number of nitrogens with zero attached hydrogens (tertiary/aromatic N) is 1. The van der Waals surface area contributed by atoms with Gasteiger partial charge in [-0.2, -0.15) is 0 Å². The first-order valence-corrected chi connectivity index (χ1v) is 11.2. The SMILES string of the molecule is CCNC(=NCc1ccc(OC)cc1)NCCCS(=O)(=O)Cc1ccccc1.I. The van der Waals surface area contributed by atoms with Gasteiger partial charge in [0.15, 0.2) is 15.8 Å². The molecule has 0 aliphatic heterocycles. The van der Waals surface area contributed by atoms with Gasteiger partial charge in [-0.05, 0) is 36.6 Å². The van der Waals surface area contributed by atoms with E-state index in [4.69, 9.17) is 4.74 Å². The molecule has 0 heterocycles. The molecule has 6 nitrogen and oxygen atoms in total. The number of halogens is 1. The van der Waals surface area contributed by atoms with Gasteiger partial charge in [0, 0.05) is 13.1 Å². The Balaban J connectivity index is 0.00000420. The van der Waals surface area contributed by atoms with Crippen LogP contribution in [0.2, 0.25) is 0 Å².